The van der Waals surface area contributed by atoms with Crippen molar-refractivity contribution in [2.24, 2.45) is 4.99 Å². The zero-order valence-electron chi connectivity index (χ0n) is 19.5. The Bertz CT molecular complexity index is 1240. The molecule has 3 heterocycles. The Kier molecular flexibility index (Phi) is 6.41. The number of aryl methyl sites for hydroxylation is 1. The fourth-order valence-electron chi connectivity index (χ4n) is 4.48. The summed E-state index contributed by atoms with van der Waals surface area (Å²) in [5.41, 5.74) is 2.81. The van der Waals surface area contributed by atoms with E-state index in [1.54, 1.807) is 7.11 Å². The molecular formula is C25H26F3N5OS. The number of anilines is 2. The van der Waals surface area contributed by atoms with Crippen LogP contribution in [0.15, 0.2) is 53.5 Å². The van der Waals surface area contributed by atoms with Gasteiger partial charge in [-0.3, -0.25) is 4.90 Å². The summed E-state index contributed by atoms with van der Waals surface area (Å²) >= 11 is 0.622. The molecule has 0 bridgehead atoms. The van der Waals surface area contributed by atoms with Crippen molar-refractivity contribution in [2.45, 2.75) is 25.1 Å². The first-order valence-electron chi connectivity index (χ1n) is 11.4. The first-order valence-corrected chi connectivity index (χ1v) is 12.2. The molecule has 2 aliphatic rings. The summed E-state index contributed by atoms with van der Waals surface area (Å²) in [5.74, 6) is 1.32. The van der Waals surface area contributed by atoms with Crippen molar-refractivity contribution in [3.05, 3.63) is 64.8 Å². The van der Waals surface area contributed by atoms with E-state index in [0.29, 0.717) is 46.6 Å². The molecule has 0 unspecified atom stereocenters. The van der Waals surface area contributed by atoms with Crippen molar-refractivity contribution >= 4 is 33.5 Å². The number of hydrogen-bond donors (Lipinski definition) is 1. The number of amidine groups is 1. The lowest BCUT2D eigenvalue weighted by molar-refractivity contribution is -0.137. The number of alkyl halides is 3. The van der Waals surface area contributed by atoms with Crippen molar-refractivity contribution in [3.8, 4) is 5.75 Å². The molecule has 2 aromatic carbocycles. The quantitative estimate of drug-likeness (QED) is 0.508. The molecule has 6 nitrogen and oxygen atoms in total. The van der Waals surface area contributed by atoms with Gasteiger partial charge in [-0.05, 0) is 49.7 Å². The predicted octanol–water partition coefficient (Wildman–Crippen LogP) is 5.55. The summed E-state index contributed by atoms with van der Waals surface area (Å²) < 4.78 is 45.9. The van der Waals surface area contributed by atoms with Gasteiger partial charge in [0, 0.05) is 25.7 Å². The second-order valence-electron chi connectivity index (χ2n) is 8.74. The lowest BCUT2D eigenvalue weighted by atomic mass is 10.0. The Morgan fingerprint density at radius 1 is 1.14 bits per heavy atom. The molecule has 0 amide bonds. The summed E-state index contributed by atoms with van der Waals surface area (Å²) in [7, 11) is 3.75. The van der Waals surface area contributed by atoms with Crippen LogP contribution in [0.2, 0.25) is 0 Å². The van der Waals surface area contributed by atoms with Crippen LogP contribution in [0.25, 0.3) is 0 Å². The van der Waals surface area contributed by atoms with Gasteiger partial charge in [0.1, 0.15) is 16.4 Å². The second-order valence-corrected chi connectivity index (χ2v) is 9.74. The van der Waals surface area contributed by atoms with Gasteiger partial charge in [-0.2, -0.15) is 13.2 Å². The Balaban J connectivity index is 1.43. The Morgan fingerprint density at radius 3 is 2.77 bits per heavy atom. The molecule has 10 heteroatoms. The van der Waals surface area contributed by atoms with Gasteiger partial charge in [-0.1, -0.05) is 35.6 Å². The first-order chi connectivity index (χ1) is 16.8. The minimum absolute atomic E-state index is 0.216. The molecule has 1 fully saturated rings. The van der Waals surface area contributed by atoms with Crippen molar-refractivity contribution in [3.63, 3.8) is 0 Å². The van der Waals surface area contributed by atoms with E-state index in [1.807, 2.05) is 42.5 Å². The minimum atomic E-state index is -4.51. The Labute approximate surface area is 206 Å². The Hall–Kier alpha value is -3.11. The van der Waals surface area contributed by atoms with Crippen LogP contribution in [0.4, 0.5) is 29.5 Å². The maximum absolute atomic E-state index is 13.5. The van der Waals surface area contributed by atoms with Crippen LogP contribution in [-0.2, 0) is 12.6 Å². The molecule has 1 N–H and O–H groups in total. The molecule has 35 heavy (non-hydrogen) atoms. The van der Waals surface area contributed by atoms with Crippen LogP contribution in [-0.4, -0.2) is 60.5 Å². The molecule has 3 aromatic rings. The van der Waals surface area contributed by atoms with Crippen molar-refractivity contribution in [2.75, 3.05) is 39.1 Å². The number of benzene rings is 2. The normalized spacial score (nSPS) is 18.3. The van der Waals surface area contributed by atoms with E-state index in [2.05, 4.69) is 33.2 Å². The summed E-state index contributed by atoms with van der Waals surface area (Å²) in [6, 6.07) is 15.6. The maximum Gasteiger partial charge on any atom is 0.443 e. The third-order valence-corrected chi connectivity index (χ3v) is 7.45. The number of methoxy groups -OCH3 is 1. The first kappa shape index (κ1) is 23.6. The van der Waals surface area contributed by atoms with E-state index in [-0.39, 0.29) is 11.7 Å². The molecule has 0 spiro atoms. The van der Waals surface area contributed by atoms with Gasteiger partial charge in [0.25, 0.3) is 0 Å². The second kappa shape index (κ2) is 9.50. The highest BCUT2D eigenvalue weighted by atomic mass is 32.1. The molecule has 184 valence electrons. The summed E-state index contributed by atoms with van der Waals surface area (Å²) in [6.45, 7) is 2.09. The smallest absolute Gasteiger partial charge is 0.443 e. The van der Waals surface area contributed by atoms with Gasteiger partial charge in [0.15, 0.2) is 5.84 Å². The number of halogens is 3. The fourth-order valence-corrected chi connectivity index (χ4v) is 5.32. The number of nitrogens with one attached hydrogen (secondary N) is 1. The average molecular weight is 502 g/mol. The minimum Gasteiger partial charge on any atom is -0.497 e. The van der Waals surface area contributed by atoms with Gasteiger partial charge >= 0.3 is 6.18 Å². The number of rotatable bonds is 4. The van der Waals surface area contributed by atoms with Crippen LogP contribution in [0.5, 0.6) is 5.75 Å². The predicted molar refractivity (Wildman–Crippen MR) is 132 cm³/mol. The molecule has 2 aliphatic heterocycles. The largest absolute Gasteiger partial charge is 0.497 e. The topological polar surface area (TPSA) is 53.0 Å². The van der Waals surface area contributed by atoms with E-state index in [9.17, 15) is 13.2 Å². The van der Waals surface area contributed by atoms with E-state index in [1.165, 1.54) is 5.56 Å². The average Bonchev–Trinajstić information content (AvgIpc) is 3.21. The number of fused-ring (bicyclic) bond motifs is 2. The van der Waals surface area contributed by atoms with E-state index < -0.39 is 11.2 Å². The van der Waals surface area contributed by atoms with Gasteiger partial charge < -0.3 is 15.0 Å². The molecule has 0 aliphatic carbocycles. The number of aliphatic imine (C=N–C) groups is 1. The number of ether oxygens (including phenoxy) is 1. The van der Waals surface area contributed by atoms with Crippen molar-refractivity contribution in [1.29, 1.82) is 0 Å². The van der Waals surface area contributed by atoms with Crippen LogP contribution in [0.3, 0.4) is 0 Å². The third kappa shape index (κ3) is 4.99. The number of piperazine rings is 1. The third-order valence-electron chi connectivity index (χ3n) is 6.44. The Morgan fingerprint density at radius 2 is 1.97 bits per heavy atom. The van der Waals surface area contributed by atoms with Crippen molar-refractivity contribution in [1.82, 2.24) is 14.8 Å². The van der Waals surface area contributed by atoms with Crippen molar-refractivity contribution < 1.29 is 17.9 Å². The number of hydrogen-bond acceptors (Lipinski definition) is 7. The SMILES string of the molecule is COc1cccc(CC[C@H]2CN(C3=Nc4ccccc4Nc4sc(C(F)(F)F)nc43)CCN2C)c1. The molecule has 1 saturated heterocycles. The number of para-hydroxylation sites is 2. The number of thiazole rings is 1. The van der Waals surface area contributed by atoms with Gasteiger partial charge in [-0.25, -0.2) is 9.98 Å². The van der Waals surface area contributed by atoms with Crippen LogP contribution >= 0.6 is 11.3 Å². The summed E-state index contributed by atoms with van der Waals surface area (Å²) in [6.07, 6.45) is -2.73. The van der Waals surface area contributed by atoms with Gasteiger partial charge in [0.05, 0.1) is 18.5 Å². The molecule has 1 aromatic heterocycles. The molecular weight excluding hydrogens is 475 g/mol. The number of aromatic nitrogens is 1. The molecule has 0 radical (unpaired) electrons. The molecule has 0 saturated carbocycles. The number of likely N-dealkylation sites (N-methyl/N-ethyl adjacent to an activating group) is 1. The van der Waals surface area contributed by atoms with Crippen LogP contribution < -0.4 is 10.1 Å². The monoisotopic (exact) mass is 501 g/mol. The standard InChI is InChI=1S/C25H26F3N5OS/c1-32-12-13-33(15-17(32)11-10-16-6-5-7-18(14-16)34-2)22-21-23(35-24(31-21)25(26,27)28)30-20-9-4-3-8-19(20)29-22/h3-9,14,17,30H,10-13,15H2,1-2H3/t17-/m0/s1. The molecule has 1 atom stereocenters. The summed E-state index contributed by atoms with van der Waals surface area (Å²) in [5, 5.41) is 2.63. The highest BCUT2D eigenvalue weighted by molar-refractivity contribution is 7.16. The van der Waals surface area contributed by atoms with E-state index in [4.69, 9.17) is 9.73 Å². The summed E-state index contributed by atoms with van der Waals surface area (Å²) in [4.78, 5) is 13.2. The van der Waals surface area contributed by atoms with Crippen LogP contribution in [0, 0.1) is 0 Å². The van der Waals surface area contributed by atoms with E-state index in [0.717, 1.165) is 25.1 Å². The van der Waals surface area contributed by atoms with Gasteiger partial charge in [0.2, 0.25) is 5.01 Å². The lowest BCUT2D eigenvalue weighted by Gasteiger charge is -2.40. The zero-order valence-corrected chi connectivity index (χ0v) is 20.3. The highest BCUT2D eigenvalue weighted by Gasteiger charge is 2.39. The maximum atomic E-state index is 13.5. The highest BCUT2D eigenvalue weighted by Crippen LogP contribution is 2.42. The van der Waals surface area contributed by atoms with Crippen LogP contribution in [0.1, 0.15) is 22.7 Å². The molecule has 5 rings (SSSR count). The lowest BCUT2D eigenvalue weighted by Crippen LogP contribution is -2.53. The van der Waals surface area contributed by atoms with Gasteiger partial charge in [-0.15, -0.1) is 0 Å². The fraction of sp³-hybridized carbons (Fsp3) is 0.360. The zero-order chi connectivity index (χ0) is 24.6. The van der Waals surface area contributed by atoms with E-state index >= 15 is 0 Å². The number of nitrogens with zero attached hydrogens (tertiary/aromatic N) is 4.